The van der Waals surface area contributed by atoms with Crippen molar-refractivity contribution in [2.45, 2.75) is 122 Å². The van der Waals surface area contributed by atoms with Crippen LogP contribution in [0.5, 0.6) is 5.75 Å². The smallest absolute Gasteiger partial charge is 0.119 e. The van der Waals surface area contributed by atoms with Crippen LogP contribution in [-0.2, 0) is 0 Å². The quantitative estimate of drug-likeness (QED) is 0.311. The summed E-state index contributed by atoms with van der Waals surface area (Å²) in [6.07, 6.45) is 22.6. The van der Waals surface area contributed by atoms with Crippen molar-refractivity contribution in [3.63, 3.8) is 0 Å². The van der Waals surface area contributed by atoms with Crippen molar-refractivity contribution >= 4 is 0 Å². The highest BCUT2D eigenvalue weighted by atomic mass is 16.5. The molecule has 0 spiro atoms. The van der Waals surface area contributed by atoms with E-state index in [0.717, 1.165) is 36.0 Å². The lowest BCUT2D eigenvalue weighted by molar-refractivity contribution is 0.190. The SMILES string of the molecule is CCCCCCCC1CCCCC1CCCOc1ccc(C2CCC(C)CC2)cc1. The Morgan fingerprint density at radius 1 is 0.733 bits per heavy atom. The second-order valence-electron chi connectivity index (χ2n) is 10.5. The highest BCUT2D eigenvalue weighted by molar-refractivity contribution is 5.29. The third-order valence-corrected chi connectivity index (χ3v) is 8.10. The zero-order chi connectivity index (χ0) is 21.0. The van der Waals surface area contributed by atoms with Gasteiger partial charge in [0.1, 0.15) is 5.75 Å². The van der Waals surface area contributed by atoms with E-state index in [1.165, 1.54) is 108 Å². The van der Waals surface area contributed by atoms with Crippen molar-refractivity contribution in [2.24, 2.45) is 17.8 Å². The van der Waals surface area contributed by atoms with Gasteiger partial charge in [0, 0.05) is 0 Å². The second kappa shape index (κ2) is 13.4. The summed E-state index contributed by atoms with van der Waals surface area (Å²) >= 11 is 0. The molecule has 1 aromatic carbocycles. The molecule has 2 unspecified atom stereocenters. The Balaban J connectivity index is 1.33. The Morgan fingerprint density at radius 3 is 2.03 bits per heavy atom. The van der Waals surface area contributed by atoms with E-state index >= 15 is 0 Å². The Labute approximate surface area is 187 Å². The molecular formula is C29H48O. The molecule has 3 rings (SSSR count). The first-order valence-corrected chi connectivity index (χ1v) is 13.5. The fraction of sp³-hybridized carbons (Fsp3) is 0.793. The van der Waals surface area contributed by atoms with Crippen LogP contribution >= 0.6 is 0 Å². The standard InChI is InChI=1S/C29H48O/c1-3-4-5-6-7-11-25-12-8-9-13-26(25)14-10-23-30-29-21-19-28(20-22-29)27-17-15-24(2)16-18-27/h19-22,24-27H,3-18,23H2,1-2H3. The maximum Gasteiger partial charge on any atom is 0.119 e. The van der Waals surface area contributed by atoms with Crippen LogP contribution in [0.4, 0.5) is 0 Å². The fourth-order valence-electron chi connectivity index (χ4n) is 6.02. The van der Waals surface area contributed by atoms with Gasteiger partial charge in [-0.1, -0.05) is 103 Å². The minimum absolute atomic E-state index is 0.778. The van der Waals surface area contributed by atoms with E-state index in [1.54, 1.807) is 0 Å². The molecule has 2 fully saturated rings. The summed E-state index contributed by atoms with van der Waals surface area (Å²) in [5, 5.41) is 0. The topological polar surface area (TPSA) is 9.23 Å². The number of hydrogen-bond acceptors (Lipinski definition) is 1. The molecule has 2 aliphatic carbocycles. The first-order chi connectivity index (χ1) is 14.8. The molecule has 1 nitrogen and oxygen atoms in total. The Hall–Kier alpha value is -0.980. The molecule has 0 amide bonds. The highest BCUT2D eigenvalue weighted by Gasteiger charge is 2.24. The van der Waals surface area contributed by atoms with Crippen LogP contribution in [0.1, 0.15) is 128 Å². The zero-order valence-corrected chi connectivity index (χ0v) is 20.0. The number of ether oxygens (including phenoxy) is 1. The molecule has 1 heteroatoms. The fourth-order valence-corrected chi connectivity index (χ4v) is 6.02. The monoisotopic (exact) mass is 412 g/mol. The number of rotatable bonds is 12. The molecule has 0 aromatic heterocycles. The summed E-state index contributed by atoms with van der Waals surface area (Å²) in [6.45, 7) is 5.60. The Kier molecular flexibility index (Phi) is 10.6. The lowest BCUT2D eigenvalue weighted by atomic mass is 9.74. The van der Waals surface area contributed by atoms with Crippen molar-refractivity contribution in [3.8, 4) is 5.75 Å². The van der Waals surface area contributed by atoms with Gasteiger partial charge in [-0.2, -0.15) is 0 Å². The molecule has 2 saturated carbocycles. The molecule has 2 atom stereocenters. The number of hydrogen-bond donors (Lipinski definition) is 0. The maximum atomic E-state index is 6.12. The molecule has 30 heavy (non-hydrogen) atoms. The van der Waals surface area contributed by atoms with Crippen LogP contribution in [0.15, 0.2) is 24.3 Å². The van der Waals surface area contributed by atoms with Gasteiger partial charge in [0.2, 0.25) is 0 Å². The lowest BCUT2D eigenvalue weighted by Crippen LogP contribution is -2.20. The molecule has 0 saturated heterocycles. The van der Waals surface area contributed by atoms with Gasteiger partial charge in [-0.05, 0) is 67.1 Å². The number of unbranched alkanes of at least 4 members (excludes halogenated alkanes) is 4. The second-order valence-corrected chi connectivity index (χ2v) is 10.5. The first kappa shape index (κ1) is 23.7. The van der Waals surface area contributed by atoms with Gasteiger partial charge in [0.15, 0.2) is 0 Å². The minimum Gasteiger partial charge on any atom is -0.494 e. The van der Waals surface area contributed by atoms with E-state index in [2.05, 4.69) is 38.1 Å². The van der Waals surface area contributed by atoms with Crippen molar-refractivity contribution in [1.82, 2.24) is 0 Å². The molecule has 0 aliphatic heterocycles. The summed E-state index contributed by atoms with van der Waals surface area (Å²) in [7, 11) is 0. The van der Waals surface area contributed by atoms with E-state index in [-0.39, 0.29) is 0 Å². The molecular weight excluding hydrogens is 364 g/mol. The molecule has 170 valence electrons. The largest absolute Gasteiger partial charge is 0.494 e. The predicted octanol–water partition coefficient (Wildman–Crippen LogP) is 9.31. The summed E-state index contributed by atoms with van der Waals surface area (Å²) in [5.74, 6) is 4.73. The Bertz CT molecular complexity index is 554. The van der Waals surface area contributed by atoms with Crippen molar-refractivity contribution in [1.29, 1.82) is 0 Å². The van der Waals surface area contributed by atoms with Gasteiger partial charge in [0.05, 0.1) is 6.61 Å². The molecule has 2 aliphatic rings. The van der Waals surface area contributed by atoms with E-state index in [0.29, 0.717) is 0 Å². The van der Waals surface area contributed by atoms with E-state index in [1.807, 2.05) is 0 Å². The van der Waals surface area contributed by atoms with Gasteiger partial charge in [-0.3, -0.25) is 0 Å². The van der Waals surface area contributed by atoms with E-state index < -0.39 is 0 Å². The minimum atomic E-state index is 0.778. The van der Waals surface area contributed by atoms with Gasteiger partial charge in [-0.15, -0.1) is 0 Å². The summed E-state index contributed by atoms with van der Waals surface area (Å²) in [4.78, 5) is 0. The van der Waals surface area contributed by atoms with Crippen LogP contribution in [0, 0.1) is 17.8 Å². The molecule has 1 aromatic rings. The maximum absolute atomic E-state index is 6.12. The third-order valence-electron chi connectivity index (χ3n) is 8.10. The first-order valence-electron chi connectivity index (χ1n) is 13.5. The Morgan fingerprint density at radius 2 is 1.37 bits per heavy atom. The molecule has 0 bridgehead atoms. The van der Waals surface area contributed by atoms with Crippen molar-refractivity contribution in [3.05, 3.63) is 29.8 Å². The predicted molar refractivity (Wildman–Crippen MR) is 130 cm³/mol. The van der Waals surface area contributed by atoms with Gasteiger partial charge in [-0.25, -0.2) is 0 Å². The van der Waals surface area contributed by atoms with E-state index in [9.17, 15) is 0 Å². The van der Waals surface area contributed by atoms with Crippen molar-refractivity contribution in [2.75, 3.05) is 6.61 Å². The lowest BCUT2D eigenvalue weighted by Gasteiger charge is -2.32. The molecule has 0 N–H and O–H groups in total. The van der Waals surface area contributed by atoms with Gasteiger partial charge >= 0.3 is 0 Å². The third kappa shape index (κ3) is 7.93. The van der Waals surface area contributed by atoms with Gasteiger partial charge < -0.3 is 4.74 Å². The highest BCUT2D eigenvalue weighted by Crippen LogP contribution is 2.37. The van der Waals surface area contributed by atoms with Crippen LogP contribution in [0.2, 0.25) is 0 Å². The van der Waals surface area contributed by atoms with Gasteiger partial charge in [0.25, 0.3) is 0 Å². The molecule has 0 heterocycles. The van der Waals surface area contributed by atoms with Crippen LogP contribution in [-0.4, -0.2) is 6.61 Å². The summed E-state index contributed by atoms with van der Waals surface area (Å²) < 4.78 is 6.12. The molecule has 0 radical (unpaired) electrons. The summed E-state index contributed by atoms with van der Waals surface area (Å²) in [6, 6.07) is 9.08. The van der Waals surface area contributed by atoms with Crippen LogP contribution in [0.25, 0.3) is 0 Å². The normalized spacial score (nSPS) is 27.1. The number of benzene rings is 1. The average molecular weight is 413 g/mol. The zero-order valence-electron chi connectivity index (χ0n) is 20.0. The summed E-state index contributed by atoms with van der Waals surface area (Å²) in [5.41, 5.74) is 1.53. The van der Waals surface area contributed by atoms with Crippen LogP contribution < -0.4 is 4.74 Å². The van der Waals surface area contributed by atoms with Crippen molar-refractivity contribution < 1.29 is 4.74 Å². The van der Waals surface area contributed by atoms with E-state index in [4.69, 9.17) is 4.74 Å². The average Bonchev–Trinajstić information content (AvgIpc) is 2.78. The van der Waals surface area contributed by atoms with Crippen LogP contribution in [0.3, 0.4) is 0 Å².